The molecule has 0 unspecified atom stereocenters. The van der Waals surface area contributed by atoms with Gasteiger partial charge >= 0.3 is 0 Å². The number of carbonyl (C=O) groups excluding carboxylic acids is 1. The Morgan fingerprint density at radius 3 is 2.50 bits per heavy atom. The molecule has 0 heterocycles. The van der Waals surface area contributed by atoms with Crippen LogP contribution in [0.1, 0.15) is 39.7 Å². The molecule has 112 valence electrons. The minimum Gasteiger partial charge on any atom is -0.384 e. The SMILES string of the molecule is CC(C)[C@@H](C)CC(=O)NC[C@@](C)(O)c1ccccc1Br. The fourth-order valence-electron chi connectivity index (χ4n) is 1.86. The number of rotatable bonds is 6. The van der Waals surface area contributed by atoms with Gasteiger partial charge in [0.05, 0.1) is 6.54 Å². The van der Waals surface area contributed by atoms with Crippen LogP contribution < -0.4 is 5.32 Å². The molecule has 0 fully saturated rings. The number of benzene rings is 1. The van der Waals surface area contributed by atoms with Gasteiger partial charge in [-0.3, -0.25) is 4.79 Å². The monoisotopic (exact) mass is 341 g/mol. The second kappa shape index (κ2) is 7.23. The Hall–Kier alpha value is -0.870. The lowest BCUT2D eigenvalue weighted by Gasteiger charge is -2.26. The first-order valence-corrected chi connectivity index (χ1v) is 7.77. The zero-order chi connectivity index (χ0) is 15.3. The summed E-state index contributed by atoms with van der Waals surface area (Å²) in [5.74, 6) is 0.798. The normalized spacial score (nSPS) is 15.8. The standard InChI is InChI=1S/C16H24BrNO2/c1-11(2)12(3)9-15(19)18-10-16(4,20)13-7-5-6-8-14(13)17/h5-8,11-12,20H,9-10H2,1-4H3,(H,18,19)/t12-,16+/m0/s1. The van der Waals surface area contributed by atoms with Crippen LogP contribution in [-0.4, -0.2) is 17.6 Å². The topological polar surface area (TPSA) is 49.3 Å². The third-order valence-electron chi connectivity index (χ3n) is 3.73. The Labute approximate surface area is 129 Å². The summed E-state index contributed by atoms with van der Waals surface area (Å²) < 4.78 is 0.842. The maximum Gasteiger partial charge on any atom is 0.220 e. The molecule has 1 aromatic carbocycles. The van der Waals surface area contributed by atoms with Crippen molar-refractivity contribution in [3.8, 4) is 0 Å². The van der Waals surface area contributed by atoms with Crippen LogP contribution in [0.25, 0.3) is 0 Å². The first-order valence-electron chi connectivity index (χ1n) is 6.98. The molecule has 0 aliphatic carbocycles. The quantitative estimate of drug-likeness (QED) is 0.832. The Bertz CT molecular complexity index is 458. The maximum absolute atomic E-state index is 11.9. The van der Waals surface area contributed by atoms with E-state index in [9.17, 15) is 9.90 Å². The predicted octanol–water partition coefficient (Wildman–Crippen LogP) is 3.46. The largest absolute Gasteiger partial charge is 0.384 e. The van der Waals surface area contributed by atoms with Crippen LogP contribution >= 0.6 is 15.9 Å². The number of amides is 1. The molecule has 2 N–H and O–H groups in total. The summed E-state index contributed by atoms with van der Waals surface area (Å²) in [6.45, 7) is 8.19. The molecule has 2 atom stereocenters. The van der Waals surface area contributed by atoms with E-state index in [0.29, 0.717) is 18.3 Å². The van der Waals surface area contributed by atoms with Crippen LogP contribution in [0, 0.1) is 11.8 Å². The summed E-state index contributed by atoms with van der Waals surface area (Å²) in [4.78, 5) is 11.9. The highest BCUT2D eigenvalue weighted by atomic mass is 79.9. The maximum atomic E-state index is 11.9. The second-order valence-electron chi connectivity index (χ2n) is 5.96. The van der Waals surface area contributed by atoms with Crippen molar-refractivity contribution in [2.45, 2.75) is 39.7 Å². The molecule has 0 saturated carbocycles. The van der Waals surface area contributed by atoms with E-state index in [1.54, 1.807) is 6.92 Å². The van der Waals surface area contributed by atoms with Gasteiger partial charge in [0.15, 0.2) is 0 Å². The molecule has 4 heteroatoms. The fourth-order valence-corrected chi connectivity index (χ4v) is 2.58. The second-order valence-corrected chi connectivity index (χ2v) is 6.81. The summed E-state index contributed by atoms with van der Waals surface area (Å²) in [6.07, 6.45) is 0.490. The summed E-state index contributed by atoms with van der Waals surface area (Å²) in [6, 6.07) is 7.50. The summed E-state index contributed by atoms with van der Waals surface area (Å²) in [5.41, 5.74) is -0.311. The molecule has 0 radical (unpaired) electrons. The smallest absolute Gasteiger partial charge is 0.220 e. The number of carbonyl (C=O) groups is 1. The van der Waals surface area contributed by atoms with Gasteiger partial charge in [-0.2, -0.15) is 0 Å². The number of nitrogens with one attached hydrogen (secondary N) is 1. The first-order chi connectivity index (χ1) is 9.24. The van der Waals surface area contributed by atoms with Crippen molar-refractivity contribution in [3.63, 3.8) is 0 Å². The molecule has 0 aromatic heterocycles. The van der Waals surface area contributed by atoms with Gasteiger partial charge in [0.1, 0.15) is 5.60 Å². The predicted molar refractivity (Wildman–Crippen MR) is 85.3 cm³/mol. The van der Waals surface area contributed by atoms with E-state index in [1.807, 2.05) is 24.3 Å². The van der Waals surface area contributed by atoms with Gasteiger partial charge in [-0.15, -0.1) is 0 Å². The van der Waals surface area contributed by atoms with Crippen LogP contribution in [0.2, 0.25) is 0 Å². The van der Waals surface area contributed by atoms with E-state index in [4.69, 9.17) is 0 Å². The molecule has 0 saturated heterocycles. The van der Waals surface area contributed by atoms with Crippen molar-refractivity contribution >= 4 is 21.8 Å². The van der Waals surface area contributed by atoms with Gasteiger partial charge in [-0.1, -0.05) is 54.9 Å². The minimum atomic E-state index is -1.09. The Balaban J connectivity index is 2.60. The van der Waals surface area contributed by atoms with Gasteiger partial charge in [-0.25, -0.2) is 0 Å². The molecule has 0 aliphatic rings. The highest BCUT2D eigenvalue weighted by Crippen LogP contribution is 2.27. The molecule has 1 amide bonds. The van der Waals surface area contributed by atoms with Crippen LogP contribution in [0.15, 0.2) is 28.7 Å². The molecule has 20 heavy (non-hydrogen) atoms. The van der Waals surface area contributed by atoms with Crippen molar-refractivity contribution in [2.75, 3.05) is 6.54 Å². The summed E-state index contributed by atoms with van der Waals surface area (Å²) in [7, 11) is 0. The Morgan fingerprint density at radius 1 is 1.35 bits per heavy atom. The van der Waals surface area contributed by atoms with Gasteiger partial charge in [-0.05, 0) is 30.4 Å². The highest BCUT2D eigenvalue weighted by Gasteiger charge is 2.26. The molecule has 0 aliphatic heterocycles. The van der Waals surface area contributed by atoms with E-state index in [1.165, 1.54) is 0 Å². The minimum absolute atomic E-state index is 0.0153. The third kappa shape index (κ3) is 4.91. The van der Waals surface area contributed by atoms with Gasteiger partial charge in [0, 0.05) is 10.9 Å². The lowest BCUT2D eigenvalue weighted by atomic mass is 9.93. The van der Waals surface area contributed by atoms with Gasteiger partial charge < -0.3 is 10.4 Å². The van der Waals surface area contributed by atoms with E-state index >= 15 is 0 Å². The molecular formula is C16H24BrNO2. The van der Waals surface area contributed by atoms with Crippen molar-refractivity contribution in [1.82, 2.24) is 5.32 Å². The third-order valence-corrected chi connectivity index (χ3v) is 4.42. The number of hydrogen-bond acceptors (Lipinski definition) is 2. The van der Waals surface area contributed by atoms with Crippen LogP contribution in [0.4, 0.5) is 0 Å². The zero-order valence-corrected chi connectivity index (χ0v) is 14.2. The Kier molecular flexibility index (Phi) is 6.21. The summed E-state index contributed by atoms with van der Waals surface area (Å²) in [5, 5.41) is 13.3. The zero-order valence-electron chi connectivity index (χ0n) is 12.6. The fraction of sp³-hybridized carbons (Fsp3) is 0.562. The van der Waals surface area contributed by atoms with E-state index < -0.39 is 5.60 Å². The lowest BCUT2D eigenvalue weighted by Crippen LogP contribution is -2.39. The van der Waals surface area contributed by atoms with Crippen molar-refractivity contribution in [2.24, 2.45) is 11.8 Å². The van der Waals surface area contributed by atoms with Crippen molar-refractivity contribution < 1.29 is 9.90 Å². The Morgan fingerprint density at radius 2 is 1.95 bits per heavy atom. The van der Waals surface area contributed by atoms with Crippen LogP contribution in [-0.2, 0) is 10.4 Å². The van der Waals surface area contributed by atoms with Gasteiger partial charge in [0.25, 0.3) is 0 Å². The van der Waals surface area contributed by atoms with Crippen LogP contribution in [0.3, 0.4) is 0 Å². The average molecular weight is 342 g/mol. The molecule has 1 rings (SSSR count). The molecular weight excluding hydrogens is 318 g/mol. The molecule has 3 nitrogen and oxygen atoms in total. The van der Waals surface area contributed by atoms with Crippen molar-refractivity contribution in [1.29, 1.82) is 0 Å². The molecule has 0 bridgehead atoms. The van der Waals surface area contributed by atoms with E-state index in [-0.39, 0.29) is 12.5 Å². The van der Waals surface area contributed by atoms with E-state index in [2.05, 4.69) is 42.0 Å². The first kappa shape index (κ1) is 17.2. The lowest BCUT2D eigenvalue weighted by molar-refractivity contribution is -0.123. The number of aliphatic hydroxyl groups is 1. The number of hydrogen-bond donors (Lipinski definition) is 2. The van der Waals surface area contributed by atoms with Crippen molar-refractivity contribution in [3.05, 3.63) is 34.3 Å². The molecule has 0 spiro atoms. The molecule has 1 aromatic rings. The van der Waals surface area contributed by atoms with E-state index in [0.717, 1.165) is 10.0 Å². The highest BCUT2D eigenvalue weighted by molar-refractivity contribution is 9.10. The number of halogens is 1. The van der Waals surface area contributed by atoms with Crippen LogP contribution in [0.5, 0.6) is 0 Å². The van der Waals surface area contributed by atoms with Gasteiger partial charge in [0.2, 0.25) is 5.91 Å². The average Bonchev–Trinajstić information content (AvgIpc) is 2.36. The summed E-state index contributed by atoms with van der Waals surface area (Å²) >= 11 is 3.43.